The Labute approximate surface area is 114 Å². The number of nitrogens with one attached hydrogen (secondary N) is 1. The van der Waals surface area contributed by atoms with Crippen LogP contribution < -0.4 is 5.32 Å². The predicted molar refractivity (Wildman–Crippen MR) is 73.2 cm³/mol. The van der Waals surface area contributed by atoms with E-state index in [-0.39, 0.29) is 30.0 Å². The lowest BCUT2D eigenvalue weighted by Crippen LogP contribution is -2.44. The van der Waals surface area contributed by atoms with Crippen LogP contribution in [0.25, 0.3) is 0 Å². The molecule has 0 amide bonds. The molecule has 0 bridgehead atoms. The zero-order valence-electron chi connectivity index (χ0n) is 12.0. The van der Waals surface area contributed by atoms with Gasteiger partial charge in [-0.15, -0.1) is 0 Å². The fourth-order valence-corrected chi connectivity index (χ4v) is 2.30. The molecule has 0 saturated heterocycles. The van der Waals surface area contributed by atoms with E-state index in [0.717, 1.165) is 0 Å². The number of likely N-dealkylation sites (N-methyl/N-ethyl adjacent to an activating group) is 1. The van der Waals surface area contributed by atoms with Gasteiger partial charge in [0.05, 0.1) is 6.10 Å². The van der Waals surface area contributed by atoms with Crippen LogP contribution in [0.5, 0.6) is 0 Å². The van der Waals surface area contributed by atoms with Gasteiger partial charge in [-0.05, 0) is 38.4 Å². The van der Waals surface area contributed by atoms with Crippen LogP contribution in [0.15, 0.2) is 18.2 Å². The molecule has 1 aromatic rings. The lowest BCUT2D eigenvalue weighted by Gasteiger charge is -2.30. The molecule has 0 saturated carbocycles. The van der Waals surface area contributed by atoms with Crippen LogP contribution in [0.3, 0.4) is 0 Å². The molecule has 1 N–H and O–H groups in total. The molecule has 1 aromatic carbocycles. The van der Waals surface area contributed by atoms with Crippen LogP contribution in [0, 0.1) is 17.6 Å². The van der Waals surface area contributed by atoms with Crippen LogP contribution in [-0.4, -0.2) is 25.8 Å². The van der Waals surface area contributed by atoms with Crippen LogP contribution in [0.4, 0.5) is 8.78 Å². The van der Waals surface area contributed by atoms with Crippen molar-refractivity contribution < 1.29 is 13.5 Å². The molecule has 108 valence electrons. The highest BCUT2D eigenvalue weighted by Crippen LogP contribution is 2.19. The minimum atomic E-state index is -0.501. The maximum atomic E-state index is 13.7. The summed E-state index contributed by atoms with van der Waals surface area (Å²) >= 11 is 0. The lowest BCUT2D eigenvalue weighted by atomic mass is 9.93. The van der Waals surface area contributed by atoms with Crippen LogP contribution >= 0.6 is 0 Å². The third-order valence-electron chi connectivity index (χ3n) is 3.27. The van der Waals surface area contributed by atoms with E-state index < -0.39 is 11.6 Å². The van der Waals surface area contributed by atoms with Gasteiger partial charge in [-0.1, -0.05) is 19.9 Å². The Morgan fingerprint density at radius 3 is 2.21 bits per heavy atom. The second kappa shape index (κ2) is 7.56. The molecule has 19 heavy (non-hydrogen) atoms. The summed E-state index contributed by atoms with van der Waals surface area (Å²) in [6.45, 7) is 6.59. The van der Waals surface area contributed by atoms with Gasteiger partial charge in [0.25, 0.3) is 0 Å². The summed E-state index contributed by atoms with van der Waals surface area (Å²) in [7, 11) is 1.79. The third kappa shape index (κ3) is 4.25. The van der Waals surface area contributed by atoms with Crippen molar-refractivity contribution in [3.63, 3.8) is 0 Å². The van der Waals surface area contributed by atoms with Gasteiger partial charge in [0.1, 0.15) is 11.6 Å². The molecule has 0 aliphatic heterocycles. The van der Waals surface area contributed by atoms with Crippen LogP contribution in [0.2, 0.25) is 0 Å². The Balaban J connectivity index is 2.91. The summed E-state index contributed by atoms with van der Waals surface area (Å²) in [6, 6.07) is 3.84. The van der Waals surface area contributed by atoms with Gasteiger partial charge in [0.2, 0.25) is 0 Å². The molecule has 0 aromatic heterocycles. The molecule has 2 atom stereocenters. The van der Waals surface area contributed by atoms with E-state index in [1.807, 2.05) is 20.8 Å². The van der Waals surface area contributed by atoms with Gasteiger partial charge in [-0.3, -0.25) is 0 Å². The van der Waals surface area contributed by atoms with Gasteiger partial charge >= 0.3 is 0 Å². The van der Waals surface area contributed by atoms with E-state index in [9.17, 15) is 8.78 Å². The molecule has 0 fully saturated rings. The van der Waals surface area contributed by atoms with Gasteiger partial charge < -0.3 is 10.1 Å². The SMILES string of the molecule is CCOC(C(C)C)C(Cc1c(F)cccc1F)NC. The number of halogens is 2. The van der Waals surface area contributed by atoms with E-state index in [1.165, 1.54) is 18.2 Å². The van der Waals surface area contributed by atoms with Gasteiger partial charge in [-0.2, -0.15) is 0 Å². The Morgan fingerprint density at radius 1 is 1.21 bits per heavy atom. The van der Waals surface area contributed by atoms with E-state index in [2.05, 4.69) is 5.32 Å². The first-order valence-electron chi connectivity index (χ1n) is 6.73. The summed E-state index contributed by atoms with van der Waals surface area (Å²) in [5, 5.41) is 3.11. The Bertz CT molecular complexity index is 375. The number of hydrogen-bond donors (Lipinski definition) is 1. The van der Waals surface area contributed by atoms with Crippen LogP contribution in [0.1, 0.15) is 26.3 Å². The average molecular weight is 271 g/mol. The standard InChI is InChI=1S/C15H23F2NO/c1-5-19-15(10(2)3)14(18-4)9-11-12(16)7-6-8-13(11)17/h6-8,10,14-15,18H,5,9H2,1-4H3. The van der Waals surface area contributed by atoms with Crippen molar-refractivity contribution in [2.75, 3.05) is 13.7 Å². The molecule has 1 rings (SSSR count). The Morgan fingerprint density at radius 2 is 1.79 bits per heavy atom. The fourth-order valence-electron chi connectivity index (χ4n) is 2.30. The number of ether oxygens (including phenoxy) is 1. The topological polar surface area (TPSA) is 21.3 Å². The summed E-state index contributed by atoms with van der Waals surface area (Å²) < 4.78 is 33.1. The molecule has 0 aliphatic carbocycles. The summed E-state index contributed by atoms with van der Waals surface area (Å²) in [6.07, 6.45) is 0.201. The van der Waals surface area contributed by atoms with Crippen molar-refractivity contribution in [3.05, 3.63) is 35.4 Å². The minimum Gasteiger partial charge on any atom is -0.377 e. The second-order valence-electron chi connectivity index (χ2n) is 4.96. The molecule has 0 aliphatic rings. The van der Waals surface area contributed by atoms with Gasteiger partial charge in [-0.25, -0.2) is 8.78 Å². The minimum absolute atomic E-state index is 0.0750. The smallest absolute Gasteiger partial charge is 0.129 e. The summed E-state index contributed by atoms with van der Waals surface area (Å²) in [5.74, 6) is -0.731. The molecule has 0 radical (unpaired) electrons. The molecule has 0 spiro atoms. The lowest BCUT2D eigenvalue weighted by molar-refractivity contribution is 0.00502. The quantitative estimate of drug-likeness (QED) is 0.822. The van der Waals surface area contributed by atoms with Gasteiger partial charge in [0.15, 0.2) is 0 Å². The van der Waals surface area contributed by atoms with Crippen molar-refractivity contribution in [2.24, 2.45) is 5.92 Å². The monoisotopic (exact) mass is 271 g/mol. The summed E-state index contributed by atoms with van der Waals surface area (Å²) in [5.41, 5.74) is 0.118. The van der Waals surface area contributed by atoms with Crippen molar-refractivity contribution in [1.29, 1.82) is 0 Å². The molecule has 0 heterocycles. The highest BCUT2D eigenvalue weighted by Gasteiger charge is 2.26. The molecular weight excluding hydrogens is 248 g/mol. The van der Waals surface area contributed by atoms with E-state index >= 15 is 0 Å². The van der Waals surface area contributed by atoms with E-state index in [0.29, 0.717) is 6.61 Å². The van der Waals surface area contributed by atoms with Crippen molar-refractivity contribution in [3.8, 4) is 0 Å². The molecule has 4 heteroatoms. The number of benzene rings is 1. The van der Waals surface area contributed by atoms with Crippen molar-refractivity contribution in [1.82, 2.24) is 5.32 Å². The number of hydrogen-bond acceptors (Lipinski definition) is 2. The zero-order chi connectivity index (χ0) is 14.4. The van der Waals surface area contributed by atoms with E-state index in [1.54, 1.807) is 7.05 Å². The van der Waals surface area contributed by atoms with Crippen molar-refractivity contribution >= 4 is 0 Å². The van der Waals surface area contributed by atoms with Crippen molar-refractivity contribution in [2.45, 2.75) is 39.3 Å². The average Bonchev–Trinajstić information content (AvgIpc) is 2.36. The third-order valence-corrected chi connectivity index (χ3v) is 3.27. The van der Waals surface area contributed by atoms with Gasteiger partial charge in [0, 0.05) is 18.2 Å². The second-order valence-corrected chi connectivity index (χ2v) is 4.96. The first-order chi connectivity index (χ1) is 9.01. The normalized spacial score (nSPS) is 14.7. The summed E-state index contributed by atoms with van der Waals surface area (Å²) in [4.78, 5) is 0. The number of rotatable bonds is 7. The highest BCUT2D eigenvalue weighted by molar-refractivity contribution is 5.21. The molecule has 2 unspecified atom stereocenters. The largest absolute Gasteiger partial charge is 0.377 e. The Hall–Kier alpha value is -1.00. The zero-order valence-corrected chi connectivity index (χ0v) is 12.0. The maximum Gasteiger partial charge on any atom is 0.129 e. The highest BCUT2D eigenvalue weighted by atomic mass is 19.1. The fraction of sp³-hybridized carbons (Fsp3) is 0.600. The van der Waals surface area contributed by atoms with Crippen LogP contribution in [-0.2, 0) is 11.2 Å². The predicted octanol–water partition coefficient (Wildman–Crippen LogP) is 3.16. The maximum absolute atomic E-state index is 13.7. The van der Waals surface area contributed by atoms with E-state index in [4.69, 9.17) is 4.74 Å². The first-order valence-corrected chi connectivity index (χ1v) is 6.73. The first kappa shape index (κ1) is 16.1. The molecular formula is C15H23F2NO. The molecule has 2 nitrogen and oxygen atoms in total. The Kier molecular flexibility index (Phi) is 6.38.